The molecule has 0 saturated carbocycles. The molecule has 6 nitrogen and oxygen atoms in total. The topological polar surface area (TPSA) is 64.6 Å². The van der Waals surface area contributed by atoms with Crippen LogP contribution in [0.1, 0.15) is 29.2 Å². The van der Waals surface area contributed by atoms with Crippen molar-refractivity contribution in [3.05, 3.63) is 45.8 Å². The van der Waals surface area contributed by atoms with Crippen molar-refractivity contribution in [2.45, 2.75) is 57.8 Å². The molecule has 2 rings (SSSR count). The Kier molecular flexibility index (Phi) is 5.43. The van der Waals surface area contributed by atoms with Gasteiger partial charge in [0.05, 0.1) is 0 Å². The van der Waals surface area contributed by atoms with Crippen LogP contribution in [0.15, 0.2) is 17.2 Å². The average molecular weight is 329 g/mol. The number of nitrogens with zero attached hydrogens (tertiary/aromatic N) is 2. The molecule has 24 heavy (non-hydrogen) atoms. The van der Waals surface area contributed by atoms with Crippen LogP contribution in [0, 0.1) is 27.3 Å². The molecule has 127 valence electrons. The van der Waals surface area contributed by atoms with Gasteiger partial charge in [-0.05, 0) is 0 Å². The van der Waals surface area contributed by atoms with Crippen LogP contribution in [-0.2, 0) is 19.9 Å². The van der Waals surface area contributed by atoms with Crippen molar-refractivity contribution in [2.75, 3.05) is 7.11 Å². The summed E-state index contributed by atoms with van der Waals surface area (Å²) >= 11 is 0. The summed E-state index contributed by atoms with van der Waals surface area (Å²) in [6, 6.07) is 4.03. The predicted molar refractivity (Wildman–Crippen MR) is 89.3 cm³/mol. The maximum atomic E-state index is 10.6. The standard InChI is InChI=1S/C17H22BN2O4/c1-9-7-10(2)13(11(3)8-9)17(19-5)12(4)23-16(24-20-18)14(21)15(17)22-6/h7-8,12,14-16,21H,1-4,6H3. The van der Waals surface area contributed by atoms with Crippen LogP contribution in [0.3, 0.4) is 0 Å². The van der Waals surface area contributed by atoms with E-state index in [1.54, 1.807) is 6.92 Å². The van der Waals surface area contributed by atoms with Crippen LogP contribution >= 0.6 is 0 Å². The molecule has 1 N–H and O–H groups in total. The summed E-state index contributed by atoms with van der Waals surface area (Å²) in [6.45, 7) is 15.6. The van der Waals surface area contributed by atoms with Gasteiger partial charge in [0, 0.05) is 0 Å². The number of aliphatic hydroxyl groups excluding tert-OH is 1. The molecule has 1 aliphatic rings. The fourth-order valence-corrected chi connectivity index (χ4v) is 3.85. The van der Waals surface area contributed by atoms with Gasteiger partial charge in [0.1, 0.15) is 0 Å². The van der Waals surface area contributed by atoms with E-state index in [0.29, 0.717) is 0 Å². The van der Waals surface area contributed by atoms with E-state index in [4.69, 9.17) is 28.5 Å². The van der Waals surface area contributed by atoms with E-state index in [1.807, 2.05) is 32.9 Å². The van der Waals surface area contributed by atoms with Crippen molar-refractivity contribution < 1.29 is 19.4 Å². The molecule has 5 unspecified atom stereocenters. The Labute approximate surface area is 143 Å². The molecule has 0 bridgehead atoms. The molecule has 1 aliphatic heterocycles. The van der Waals surface area contributed by atoms with E-state index in [0.717, 1.165) is 22.3 Å². The molecule has 0 aliphatic carbocycles. The van der Waals surface area contributed by atoms with Crippen LogP contribution in [0.25, 0.3) is 4.85 Å². The molecular weight excluding hydrogens is 307 g/mol. The quantitative estimate of drug-likeness (QED) is 0.522. The maximum absolute atomic E-state index is 10.6. The summed E-state index contributed by atoms with van der Waals surface area (Å²) in [5.74, 6) is 0. The van der Waals surface area contributed by atoms with Gasteiger partial charge in [0.15, 0.2) is 0 Å². The number of methoxy groups -OCH3 is 1. The van der Waals surface area contributed by atoms with Gasteiger partial charge in [-0.25, -0.2) is 0 Å². The second kappa shape index (κ2) is 7.02. The number of aryl methyl sites for hydroxylation is 3. The summed E-state index contributed by atoms with van der Waals surface area (Å²) in [4.78, 5) is 8.80. The third kappa shape index (κ3) is 2.75. The van der Waals surface area contributed by atoms with E-state index in [-0.39, 0.29) is 0 Å². The molecule has 7 heteroatoms. The number of benzene rings is 1. The van der Waals surface area contributed by atoms with Gasteiger partial charge >= 0.3 is 143 Å². The Morgan fingerprint density at radius 1 is 1.33 bits per heavy atom. The summed E-state index contributed by atoms with van der Waals surface area (Å²) in [5.41, 5.74) is 2.62. The molecule has 1 aromatic carbocycles. The Morgan fingerprint density at radius 3 is 2.38 bits per heavy atom. The Balaban J connectivity index is 2.67. The van der Waals surface area contributed by atoms with E-state index < -0.39 is 30.1 Å². The van der Waals surface area contributed by atoms with Crippen LogP contribution < -0.4 is 0 Å². The van der Waals surface area contributed by atoms with Crippen LogP contribution in [0.5, 0.6) is 0 Å². The van der Waals surface area contributed by atoms with E-state index >= 15 is 0 Å². The van der Waals surface area contributed by atoms with Crippen LogP contribution in [0.2, 0.25) is 0 Å². The van der Waals surface area contributed by atoms with Crippen molar-refractivity contribution in [1.29, 1.82) is 0 Å². The fourth-order valence-electron chi connectivity index (χ4n) is 3.85. The van der Waals surface area contributed by atoms with Crippen LogP contribution in [-0.4, -0.2) is 44.5 Å². The molecule has 0 spiro atoms. The molecule has 1 aromatic rings. The van der Waals surface area contributed by atoms with Crippen molar-refractivity contribution in [3.8, 4) is 0 Å². The summed E-state index contributed by atoms with van der Waals surface area (Å²) < 4.78 is 11.3. The number of hydrogen-bond donors (Lipinski definition) is 1. The normalized spacial score (nSPS) is 32.8. The molecule has 1 heterocycles. The Bertz CT molecular complexity index is 652. The van der Waals surface area contributed by atoms with E-state index in [9.17, 15) is 5.11 Å². The third-order valence-corrected chi connectivity index (χ3v) is 4.66. The Morgan fingerprint density at radius 2 is 1.92 bits per heavy atom. The summed E-state index contributed by atoms with van der Waals surface area (Å²) in [7, 11) is 6.50. The minimum absolute atomic E-state index is 0.602. The predicted octanol–water partition coefficient (Wildman–Crippen LogP) is 2.13. The Hall–Kier alpha value is -1.75. The third-order valence-electron chi connectivity index (χ3n) is 4.66. The monoisotopic (exact) mass is 329 g/mol. The number of hydrogen-bond acceptors (Lipinski definition) is 5. The first-order valence-electron chi connectivity index (χ1n) is 7.72. The summed E-state index contributed by atoms with van der Waals surface area (Å²) in [6.07, 6.45) is -3.76. The zero-order chi connectivity index (χ0) is 18.1. The van der Waals surface area contributed by atoms with Gasteiger partial charge in [0.2, 0.25) is 0 Å². The van der Waals surface area contributed by atoms with Crippen molar-refractivity contribution in [3.63, 3.8) is 0 Å². The summed E-state index contributed by atoms with van der Waals surface area (Å²) in [5, 5.41) is 13.7. The van der Waals surface area contributed by atoms with Gasteiger partial charge in [0.25, 0.3) is 0 Å². The van der Waals surface area contributed by atoms with Crippen LogP contribution in [0.4, 0.5) is 0 Å². The van der Waals surface area contributed by atoms with Gasteiger partial charge in [-0.1, -0.05) is 0 Å². The van der Waals surface area contributed by atoms with E-state index in [1.165, 1.54) is 7.11 Å². The first-order chi connectivity index (χ1) is 11.3. The molecule has 0 aromatic heterocycles. The fraction of sp³-hybridized carbons (Fsp3) is 0.588. The van der Waals surface area contributed by atoms with Crippen molar-refractivity contribution >= 4 is 7.64 Å². The van der Waals surface area contributed by atoms with Crippen molar-refractivity contribution in [1.82, 2.24) is 0 Å². The van der Waals surface area contributed by atoms with Gasteiger partial charge < -0.3 is 0 Å². The zero-order valence-corrected chi connectivity index (χ0v) is 14.6. The van der Waals surface area contributed by atoms with Crippen molar-refractivity contribution in [2.24, 2.45) is 5.06 Å². The zero-order valence-electron chi connectivity index (χ0n) is 14.6. The number of rotatable bonds is 4. The number of aliphatic hydroxyl groups is 1. The SMILES string of the molecule is [B]=NOC1OC(C)C([N+]#[C-])(c2c(C)cc(C)cc2C)C(OC)C1O. The van der Waals surface area contributed by atoms with Gasteiger partial charge in [-0.3, -0.25) is 0 Å². The first-order valence-corrected chi connectivity index (χ1v) is 7.72. The molecule has 0 amide bonds. The average Bonchev–Trinajstić information content (AvgIpc) is 2.51. The molecule has 1 fully saturated rings. The van der Waals surface area contributed by atoms with Gasteiger partial charge in [-0.15, -0.1) is 0 Å². The molecule has 5 atom stereocenters. The van der Waals surface area contributed by atoms with Gasteiger partial charge in [-0.2, -0.15) is 0 Å². The second-order valence-corrected chi connectivity index (χ2v) is 6.22. The molecule has 1 saturated heterocycles. The minimum atomic E-state index is -1.22. The number of ether oxygens (including phenoxy) is 2. The van der Waals surface area contributed by atoms with E-state index in [2.05, 4.69) is 9.90 Å². The molecular formula is C17H22BN2O4. The second-order valence-electron chi connectivity index (χ2n) is 6.22. The molecule has 1 radical (unpaired) electrons. The first kappa shape index (κ1) is 18.6.